The second kappa shape index (κ2) is 11.7. The van der Waals surface area contributed by atoms with Crippen LogP contribution in [0.25, 0.3) is 23.0 Å². The quantitative estimate of drug-likeness (QED) is 0.309. The SMILES string of the molecule is CC1=C(C#N)C(=O)N(C2CCCC2)C(=O)/C1=C/c1cn(-c2ccccc2)nc1-c1ccc(S(=O)(=O)N2CCOCC2)cc1. The van der Waals surface area contributed by atoms with Gasteiger partial charge in [-0.15, -0.1) is 0 Å². The second-order valence-corrected chi connectivity index (χ2v) is 12.8. The van der Waals surface area contributed by atoms with Gasteiger partial charge in [0.1, 0.15) is 11.6 Å². The Morgan fingerprint density at radius 2 is 1.65 bits per heavy atom. The van der Waals surface area contributed by atoms with Crippen LogP contribution in [0.3, 0.4) is 0 Å². The maximum atomic E-state index is 13.8. The normalized spacial score (nSPS) is 19.8. The van der Waals surface area contributed by atoms with E-state index in [1.54, 1.807) is 48.1 Å². The molecule has 3 aromatic rings. The van der Waals surface area contributed by atoms with Crippen molar-refractivity contribution in [3.8, 4) is 23.0 Å². The van der Waals surface area contributed by atoms with Crippen LogP contribution in [0.4, 0.5) is 0 Å². The van der Waals surface area contributed by atoms with Gasteiger partial charge in [0.05, 0.1) is 29.5 Å². The van der Waals surface area contributed by atoms with Crippen LogP contribution in [-0.4, -0.2) is 71.6 Å². The number of aromatic nitrogens is 2. The van der Waals surface area contributed by atoms with Gasteiger partial charge in [0, 0.05) is 42.0 Å². The van der Waals surface area contributed by atoms with E-state index in [-0.39, 0.29) is 22.1 Å². The first-order chi connectivity index (χ1) is 20.8. The van der Waals surface area contributed by atoms with Crippen LogP contribution in [0.2, 0.25) is 0 Å². The number of benzene rings is 2. The van der Waals surface area contributed by atoms with Crippen LogP contribution in [0.5, 0.6) is 0 Å². The van der Waals surface area contributed by atoms with Crippen LogP contribution >= 0.6 is 0 Å². The number of ether oxygens (including phenoxy) is 1. The fourth-order valence-electron chi connectivity index (χ4n) is 5.90. The summed E-state index contributed by atoms with van der Waals surface area (Å²) in [4.78, 5) is 28.4. The Kier molecular flexibility index (Phi) is 7.83. The van der Waals surface area contributed by atoms with E-state index in [0.717, 1.165) is 31.4 Å². The summed E-state index contributed by atoms with van der Waals surface area (Å²) in [5.41, 5.74) is 3.12. The topological polar surface area (TPSA) is 126 Å². The number of rotatable bonds is 6. The van der Waals surface area contributed by atoms with E-state index in [1.165, 1.54) is 9.21 Å². The highest BCUT2D eigenvalue weighted by Crippen LogP contribution is 2.35. The number of amides is 2. The molecule has 1 aromatic heterocycles. The van der Waals surface area contributed by atoms with Gasteiger partial charge in [-0.1, -0.05) is 43.2 Å². The van der Waals surface area contributed by atoms with E-state index in [4.69, 9.17) is 9.84 Å². The molecule has 11 heteroatoms. The number of hydrogen-bond donors (Lipinski definition) is 0. The molecule has 0 spiro atoms. The first-order valence-electron chi connectivity index (χ1n) is 14.3. The molecule has 1 saturated heterocycles. The van der Waals surface area contributed by atoms with Gasteiger partial charge in [-0.05, 0) is 55.7 Å². The number of nitriles is 1. The number of para-hydroxylation sites is 1. The predicted octanol–water partition coefficient (Wildman–Crippen LogP) is 4.10. The third-order valence-electron chi connectivity index (χ3n) is 8.26. The fraction of sp³-hybridized carbons (Fsp3) is 0.312. The van der Waals surface area contributed by atoms with Crippen molar-refractivity contribution in [2.45, 2.75) is 43.5 Å². The third-order valence-corrected chi connectivity index (χ3v) is 10.2. The van der Waals surface area contributed by atoms with Crippen LogP contribution < -0.4 is 0 Å². The number of imide groups is 1. The summed E-state index contributed by atoms with van der Waals surface area (Å²) in [7, 11) is -3.68. The van der Waals surface area contributed by atoms with Crippen molar-refractivity contribution in [1.29, 1.82) is 5.26 Å². The Hall–Kier alpha value is -4.37. The molecule has 2 fully saturated rings. The highest BCUT2D eigenvalue weighted by molar-refractivity contribution is 7.89. The van der Waals surface area contributed by atoms with Crippen molar-refractivity contribution < 1.29 is 22.7 Å². The molecule has 1 saturated carbocycles. The number of morpholine rings is 1. The van der Waals surface area contributed by atoms with E-state index in [2.05, 4.69) is 0 Å². The van der Waals surface area contributed by atoms with Gasteiger partial charge in [-0.2, -0.15) is 14.7 Å². The molecular weight excluding hydrogens is 566 g/mol. The van der Waals surface area contributed by atoms with Crippen LogP contribution in [0, 0.1) is 11.3 Å². The zero-order chi connectivity index (χ0) is 30.1. The van der Waals surface area contributed by atoms with Gasteiger partial charge < -0.3 is 4.74 Å². The molecule has 6 rings (SSSR count). The Morgan fingerprint density at radius 1 is 0.977 bits per heavy atom. The first kappa shape index (κ1) is 28.7. The van der Waals surface area contributed by atoms with Crippen LogP contribution in [0.1, 0.15) is 38.2 Å². The van der Waals surface area contributed by atoms with E-state index in [1.807, 2.05) is 36.4 Å². The van der Waals surface area contributed by atoms with E-state index < -0.39 is 21.8 Å². The molecule has 3 heterocycles. The van der Waals surface area contributed by atoms with Crippen LogP contribution in [0.15, 0.2) is 82.4 Å². The number of sulfonamides is 1. The van der Waals surface area contributed by atoms with E-state index in [0.29, 0.717) is 48.7 Å². The number of carbonyl (C=O) groups excluding carboxylic acids is 2. The molecule has 10 nitrogen and oxygen atoms in total. The molecular formula is C32H31N5O5S. The zero-order valence-electron chi connectivity index (χ0n) is 23.8. The molecule has 0 N–H and O–H groups in total. The Morgan fingerprint density at radius 3 is 2.30 bits per heavy atom. The molecule has 0 unspecified atom stereocenters. The Labute approximate surface area is 250 Å². The first-order valence-corrected chi connectivity index (χ1v) is 15.8. The van der Waals surface area contributed by atoms with Crippen molar-refractivity contribution in [2.75, 3.05) is 26.3 Å². The zero-order valence-corrected chi connectivity index (χ0v) is 24.6. The number of carbonyl (C=O) groups is 2. The minimum atomic E-state index is -3.68. The lowest BCUT2D eigenvalue weighted by molar-refractivity contribution is -0.143. The van der Waals surface area contributed by atoms with Crippen molar-refractivity contribution in [3.05, 3.63) is 83.1 Å². The van der Waals surface area contributed by atoms with Gasteiger partial charge in [-0.25, -0.2) is 13.1 Å². The summed E-state index contributed by atoms with van der Waals surface area (Å²) in [6.07, 6.45) is 6.77. The van der Waals surface area contributed by atoms with E-state index in [9.17, 15) is 23.3 Å². The lowest BCUT2D eigenvalue weighted by Gasteiger charge is -2.32. The molecule has 1 aliphatic carbocycles. The second-order valence-electron chi connectivity index (χ2n) is 10.8. The largest absolute Gasteiger partial charge is 0.379 e. The average Bonchev–Trinajstić information content (AvgIpc) is 3.71. The highest BCUT2D eigenvalue weighted by Gasteiger charge is 2.40. The lowest BCUT2D eigenvalue weighted by atomic mass is 9.92. The molecule has 2 aliphatic heterocycles. The Bertz CT molecular complexity index is 1770. The maximum Gasteiger partial charge on any atom is 0.271 e. The molecule has 3 aliphatic rings. The highest BCUT2D eigenvalue weighted by atomic mass is 32.2. The third kappa shape index (κ3) is 5.33. The summed E-state index contributed by atoms with van der Waals surface area (Å²) in [5.74, 6) is -0.954. The van der Waals surface area contributed by atoms with Crippen molar-refractivity contribution in [1.82, 2.24) is 19.0 Å². The predicted molar refractivity (Wildman–Crippen MR) is 159 cm³/mol. The number of nitrogens with zero attached hydrogens (tertiary/aromatic N) is 5. The summed E-state index contributed by atoms with van der Waals surface area (Å²) in [6.45, 7) is 2.94. The molecule has 220 valence electrons. The van der Waals surface area contributed by atoms with Gasteiger partial charge in [-0.3, -0.25) is 14.5 Å². The summed E-state index contributed by atoms with van der Waals surface area (Å²) < 4.78 is 34.8. The van der Waals surface area contributed by atoms with Crippen molar-refractivity contribution in [3.63, 3.8) is 0 Å². The minimum Gasteiger partial charge on any atom is -0.379 e. The van der Waals surface area contributed by atoms with Gasteiger partial charge in [0.15, 0.2) is 0 Å². The minimum absolute atomic E-state index is 0.0348. The summed E-state index contributed by atoms with van der Waals surface area (Å²) in [6, 6.07) is 17.8. The van der Waals surface area contributed by atoms with Gasteiger partial charge in [0.2, 0.25) is 10.0 Å². The molecule has 0 radical (unpaired) electrons. The molecule has 2 amide bonds. The molecule has 0 atom stereocenters. The van der Waals surface area contributed by atoms with Crippen LogP contribution in [-0.2, 0) is 24.3 Å². The standard InChI is InChI=1S/C32H31N5O5S/c1-22-28(31(38)37(26-9-5-6-10-26)32(39)29(22)20-33)19-24-21-36(25-7-3-2-4-8-25)34-30(24)23-11-13-27(14-12-23)43(40,41)35-15-17-42-18-16-35/h2-4,7-8,11-14,19,21,26H,5-6,9-10,15-18H2,1H3/b28-19+. The lowest BCUT2D eigenvalue weighted by Crippen LogP contribution is -2.47. The molecule has 0 bridgehead atoms. The van der Waals surface area contributed by atoms with Gasteiger partial charge in [0.25, 0.3) is 11.8 Å². The molecule has 2 aromatic carbocycles. The monoisotopic (exact) mass is 597 g/mol. The average molecular weight is 598 g/mol. The van der Waals surface area contributed by atoms with E-state index >= 15 is 0 Å². The Balaban J connectivity index is 1.44. The van der Waals surface area contributed by atoms with Crippen molar-refractivity contribution >= 4 is 27.9 Å². The maximum absolute atomic E-state index is 13.8. The number of hydrogen-bond acceptors (Lipinski definition) is 7. The summed E-state index contributed by atoms with van der Waals surface area (Å²) >= 11 is 0. The molecule has 43 heavy (non-hydrogen) atoms. The smallest absolute Gasteiger partial charge is 0.271 e. The van der Waals surface area contributed by atoms with Crippen molar-refractivity contribution in [2.24, 2.45) is 0 Å². The fourth-order valence-corrected chi connectivity index (χ4v) is 7.31. The van der Waals surface area contributed by atoms with Gasteiger partial charge >= 0.3 is 0 Å². The summed E-state index contributed by atoms with van der Waals surface area (Å²) in [5, 5.41) is 14.7.